The summed E-state index contributed by atoms with van der Waals surface area (Å²) in [6.45, 7) is 0. The summed E-state index contributed by atoms with van der Waals surface area (Å²) in [6.07, 6.45) is 0.521. The zero-order valence-corrected chi connectivity index (χ0v) is 20.9. The Balaban J connectivity index is 1.33. The molecule has 4 aromatic rings. The molecule has 2 fully saturated rings. The van der Waals surface area contributed by atoms with E-state index in [0.717, 1.165) is 10.5 Å². The normalized spacial score (nSPS) is 20.6. The fraction of sp³-hybridized carbons (Fsp3) is 0.143. The minimum absolute atomic E-state index is 0.314. The molecular weight excluding hydrogens is 508 g/mol. The Morgan fingerprint density at radius 2 is 1.61 bits per heavy atom. The van der Waals surface area contributed by atoms with Gasteiger partial charge in [0.25, 0.3) is 5.91 Å². The molecule has 190 valence electrons. The number of aromatic nitrogens is 2. The number of hydrogen-bond acceptors (Lipinski definition) is 7. The molecule has 3 atom stereocenters. The molecule has 2 aliphatic heterocycles. The van der Waals surface area contributed by atoms with E-state index < -0.39 is 29.9 Å². The lowest BCUT2D eigenvalue weighted by atomic mass is 9.90. The van der Waals surface area contributed by atoms with Crippen molar-refractivity contribution in [2.75, 3.05) is 9.96 Å². The Hall–Kier alpha value is -4.47. The van der Waals surface area contributed by atoms with Crippen molar-refractivity contribution in [3.63, 3.8) is 0 Å². The van der Waals surface area contributed by atoms with Gasteiger partial charge in [0.05, 0.1) is 17.4 Å². The predicted octanol–water partition coefficient (Wildman–Crippen LogP) is 4.34. The summed E-state index contributed by atoms with van der Waals surface area (Å²) in [7, 11) is 1.65. The highest BCUT2D eigenvalue weighted by Crippen LogP contribution is 2.47. The number of nitrogens with zero attached hydrogens (tertiary/aromatic N) is 4. The van der Waals surface area contributed by atoms with E-state index in [2.05, 4.69) is 5.10 Å². The molecule has 10 heteroatoms. The number of para-hydroxylation sites is 1. The third-order valence-electron chi connectivity index (χ3n) is 6.67. The van der Waals surface area contributed by atoms with Gasteiger partial charge in [-0.3, -0.25) is 19.1 Å². The van der Waals surface area contributed by atoms with E-state index in [4.69, 9.17) is 21.2 Å². The lowest BCUT2D eigenvalue weighted by molar-refractivity contribution is -0.126. The summed E-state index contributed by atoms with van der Waals surface area (Å²) >= 11 is 6.00. The number of halogens is 1. The molecule has 0 saturated carbocycles. The fourth-order valence-electron chi connectivity index (χ4n) is 4.86. The Bertz CT molecular complexity index is 1520. The van der Waals surface area contributed by atoms with Crippen molar-refractivity contribution in [1.29, 1.82) is 0 Å². The van der Waals surface area contributed by atoms with E-state index in [1.54, 1.807) is 66.7 Å². The van der Waals surface area contributed by atoms with Crippen LogP contribution in [0.2, 0.25) is 5.02 Å². The second-order valence-electron chi connectivity index (χ2n) is 8.94. The maximum absolute atomic E-state index is 13.7. The highest BCUT2D eigenvalue weighted by molar-refractivity contribution is 6.31. The number of imide groups is 1. The first kappa shape index (κ1) is 23.9. The number of ether oxygens (including phenoxy) is 1. The molecule has 2 amide bonds. The van der Waals surface area contributed by atoms with E-state index in [-0.39, 0.29) is 5.91 Å². The van der Waals surface area contributed by atoms with Crippen molar-refractivity contribution in [2.24, 2.45) is 13.0 Å². The van der Waals surface area contributed by atoms with Gasteiger partial charge in [0.2, 0.25) is 5.91 Å². The zero-order valence-electron chi connectivity index (χ0n) is 20.1. The monoisotopic (exact) mass is 528 g/mol. The van der Waals surface area contributed by atoms with Crippen LogP contribution in [-0.2, 0) is 21.5 Å². The van der Waals surface area contributed by atoms with E-state index >= 15 is 0 Å². The van der Waals surface area contributed by atoms with Crippen LogP contribution >= 0.6 is 11.6 Å². The van der Waals surface area contributed by atoms with Crippen molar-refractivity contribution in [2.45, 2.75) is 12.1 Å². The minimum atomic E-state index is -0.995. The van der Waals surface area contributed by atoms with Crippen molar-refractivity contribution >= 4 is 40.8 Å². The number of rotatable bonds is 5. The van der Waals surface area contributed by atoms with E-state index in [1.165, 1.54) is 10.9 Å². The van der Waals surface area contributed by atoms with Crippen molar-refractivity contribution in [1.82, 2.24) is 9.78 Å². The smallest absolute Gasteiger partial charge is 0.361 e. The van der Waals surface area contributed by atoms with E-state index in [1.807, 2.05) is 30.3 Å². The molecule has 0 radical (unpaired) electrons. The average Bonchev–Trinajstić information content (AvgIpc) is 3.60. The maximum Gasteiger partial charge on any atom is 0.361 e. The van der Waals surface area contributed by atoms with Gasteiger partial charge >= 0.3 is 5.97 Å². The molecule has 0 aliphatic carbocycles. The van der Waals surface area contributed by atoms with Gasteiger partial charge in [-0.1, -0.05) is 41.9 Å². The molecule has 0 bridgehead atoms. The summed E-state index contributed by atoms with van der Waals surface area (Å²) in [5.41, 5.74) is 2.18. The molecule has 6 rings (SSSR count). The maximum atomic E-state index is 13.7. The number of carbonyl (C=O) groups excluding carboxylic acids is 3. The van der Waals surface area contributed by atoms with Crippen molar-refractivity contribution in [3.8, 4) is 5.75 Å². The molecule has 9 nitrogen and oxygen atoms in total. The molecule has 0 N–H and O–H groups in total. The lowest BCUT2D eigenvalue weighted by Gasteiger charge is -2.28. The number of anilines is 2. The SMILES string of the molecule is Cn1nccc1C(=O)Oc1ccc([C@@H]2[C@@H]3C(=O)N(c4ccc(Cl)cc4)C(=O)[C@@H]3ON2c2ccccc2)cc1. The molecule has 0 unspecified atom stereocenters. The summed E-state index contributed by atoms with van der Waals surface area (Å²) in [4.78, 5) is 46.9. The number of amides is 2. The first-order valence-corrected chi connectivity index (χ1v) is 12.2. The molecule has 2 saturated heterocycles. The summed E-state index contributed by atoms with van der Waals surface area (Å²) < 4.78 is 6.92. The predicted molar refractivity (Wildman–Crippen MR) is 139 cm³/mol. The van der Waals surface area contributed by atoms with E-state index in [9.17, 15) is 14.4 Å². The Morgan fingerprint density at radius 1 is 0.895 bits per heavy atom. The number of esters is 1. The Kier molecular flexibility index (Phi) is 5.94. The average molecular weight is 529 g/mol. The molecule has 2 aliphatic rings. The second kappa shape index (κ2) is 9.44. The highest BCUT2D eigenvalue weighted by Gasteiger charge is 2.60. The van der Waals surface area contributed by atoms with Gasteiger partial charge < -0.3 is 4.74 Å². The first-order valence-electron chi connectivity index (χ1n) is 11.9. The third kappa shape index (κ3) is 4.02. The Labute approximate surface area is 222 Å². The minimum Gasteiger partial charge on any atom is -0.422 e. The van der Waals surface area contributed by atoms with Crippen LogP contribution in [0.15, 0.2) is 91.1 Å². The van der Waals surface area contributed by atoms with Gasteiger partial charge in [-0.2, -0.15) is 5.10 Å². The van der Waals surface area contributed by atoms with Gasteiger partial charge in [0, 0.05) is 18.3 Å². The standard InChI is InChI=1S/C28H21ClN4O5/c1-31-22(15-16-30-31)28(36)37-21-13-7-17(8-14-21)24-23-25(38-33(24)20-5-3-2-4-6-20)27(35)32(26(23)34)19-11-9-18(29)10-12-19/h2-16,23-25H,1H3/t23-,24+,25+/m0/s1. The van der Waals surface area contributed by atoms with Crippen molar-refractivity contribution < 1.29 is 24.0 Å². The van der Waals surface area contributed by atoms with Crippen LogP contribution < -0.4 is 14.7 Å². The van der Waals surface area contributed by atoms with Gasteiger partial charge in [0.15, 0.2) is 6.10 Å². The molecule has 3 aromatic carbocycles. The third-order valence-corrected chi connectivity index (χ3v) is 6.93. The second-order valence-corrected chi connectivity index (χ2v) is 9.38. The number of benzene rings is 3. The number of hydroxylamine groups is 1. The molecule has 38 heavy (non-hydrogen) atoms. The van der Waals surface area contributed by atoms with E-state index in [0.29, 0.717) is 27.8 Å². The van der Waals surface area contributed by atoms with Crippen LogP contribution in [0, 0.1) is 5.92 Å². The van der Waals surface area contributed by atoms with Crippen LogP contribution in [0.5, 0.6) is 5.75 Å². The van der Waals surface area contributed by atoms with Crippen LogP contribution in [0.25, 0.3) is 0 Å². The topological polar surface area (TPSA) is 94.0 Å². The van der Waals surface area contributed by atoms with Crippen molar-refractivity contribution in [3.05, 3.63) is 107 Å². The van der Waals surface area contributed by atoms with Gasteiger partial charge in [-0.05, 0) is 60.2 Å². The van der Waals surface area contributed by atoms with Crippen LogP contribution in [0.3, 0.4) is 0 Å². The van der Waals surface area contributed by atoms with Gasteiger partial charge in [-0.25, -0.2) is 14.8 Å². The lowest BCUT2D eigenvalue weighted by Crippen LogP contribution is -2.37. The zero-order chi connectivity index (χ0) is 26.4. The van der Waals surface area contributed by atoms with Gasteiger partial charge in [0.1, 0.15) is 17.4 Å². The number of carbonyl (C=O) groups is 3. The summed E-state index contributed by atoms with van der Waals surface area (Å²) in [6, 6.07) is 23.6. The quantitative estimate of drug-likeness (QED) is 0.216. The Morgan fingerprint density at radius 3 is 2.26 bits per heavy atom. The highest BCUT2D eigenvalue weighted by atomic mass is 35.5. The first-order chi connectivity index (χ1) is 18.4. The van der Waals surface area contributed by atoms with Crippen LogP contribution in [-0.4, -0.2) is 33.7 Å². The molecule has 0 spiro atoms. The summed E-state index contributed by atoms with van der Waals surface area (Å²) in [5.74, 6) is -1.80. The number of aryl methyl sites for hydroxylation is 1. The molecule has 1 aromatic heterocycles. The van der Waals surface area contributed by atoms with Crippen LogP contribution in [0.4, 0.5) is 11.4 Å². The van der Waals surface area contributed by atoms with Gasteiger partial charge in [-0.15, -0.1) is 0 Å². The fourth-order valence-corrected chi connectivity index (χ4v) is 4.99. The number of fused-ring (bicyclic) bond motifs is 1. The largest absolute Gasteiger partial charge is 0.422 e. The molecule has 3 heterocycles. The molecular formula is C28H21ClN4O5. The number of hydrogen-bond donors (Lipinski definition) is 0. The summed E-state index contributed by atoms with van der Waals surface area (Å²) in [5, 5.41) is 6.10. The van der Waals surface area contributed by atoms with Crippen LogP contribution in [0.1, 0.15) is 22.1 Å².